The SMILES string of the molecule is O=[N+]([O-])c1ccc(Oc2ccc(CCl)cc2Cl)cc1F. The van der Waals surface area contributed by atoms with Crippen molar-refractivity contribution in [1.82, 2.24) is 0 Å². The van der Waals surface area contributed by atoms with Gasteiger partial charge in [0.25, 0.3) is 0 Å². The van der Waals surface area contributed by atoms with E-state index in [9.17, 15) is 14.5 Å². The molecule has 0 spiro atoms. The van der Waals surface area contributed by atoms with Crippen LogP contribution >= 0.6 is 23.2 Å². The lowest BCUT2D eigenvalue weighted by Crippen LogP contribution is -1.93. The molecule has 0 bridgehead atoms. The predicted octanol–water partition coefficient (Wildman–Crippen LogP) is 4.92. The fourth-order valence-corrected chi connectivity index (χ4v) is 1.94. The van der Waals surface area contributed by atoms with Crippen LogP contribution in [0.5, 0.6) is 11.5 Å². The quantitative estimate of drug-likeness (QED) is 0.457. The highest BCUT2D eigenvalue weighted by Crippen LogP contribution is 2.32. The lowest BCUT2D eigenvalue weighted by Gasteiger charge is -2.08. The van der Waals surface area contributed by atoms with E-state index in [1.165, 1.54) is 6.07 Å². The number of halogens is 3. The van der Waals surface area contributed by atoms with E-state index < -0.39 is 16.4 Å². The average Bonchev–Trinajstić information content (AvgIpc) is 2.40. The van der Waals surface area contributed by atoms with Gasteiger partial charge in [0.2, 0.25) is 5.82 Å². The largest absolute Gasteiger partial charge is 0.456 e. The molecule has 2 aromatic rings. The summed E-state index contributed by atoms with van der Waals surface area (Å²) < 4.78 is 18.8. The summed E-state index contributed by atoms with van der Waals surface area (Å²) >= 11 is 11.7. The predicted molar refractivity (Wildman–Crippen MR) is 74.1 cm³/mol. The fourth-order valence-electron chi connectivity index (χ4n) is 1.54. The minimum absolute atomic E-state index is 0.119. The summed E-state index contributed by atoms with van der Waals surface area (Å²) in [7, 11) is 0. The van der Waals surface area contributed by atoms with E-state index in [1.807, 2.05) is 0 Å². The summed E-state index contributed by atoms with van der Waals surface area (Å²) in [6.45, 7) is 0. The Labute approximate surface area is 123 Å². The lowest BCUT2D eigenvalue weighted by atomic mass is 10.2. The van der Waals surface area contributed by atoms with Gasteiger partial charge in [-0.1, -0.05) is 17.7 Å². The summed E-state index contributed by atoms with van der Waals surface area (Å²) in [5.41, 5.74) is 0.208. The Hall–Kier alpha value is -1.85. The number of nitro groups is 1. The molecule has 7 heteroatoms. The van der Waals surface area contributed by atoms with Crippen LogP contribution in [0.3, 0.4) is 0 Å². The van der Waals surface area contributed by atoms with E-state index in [0.29, 0.717) is 16.7 Å². The minimum Gasteiger partial charge on any atom is -0.456 e. The monoisotopic (exact) mass is 315 g/mol. The number of nitrogens with zero attached hydrogens (tertiary/aromatic N) is 1. The topological polar surface area (TPSA) is 52.4 Å². The number of hydrogen-bond donors (Lipinski definition) is 0. The summed E-state index contributed by atoms with van der Waals surface area (Å²) in [6.07, 6.45) is 0. The standard InChI is InChI=1S/C13H8Cl2FNO3/c14-7-8-1-4-13(10(15)5-8)20-9-2-3-12(17(18)19)11(16)6-9/h1-6H,7H2. The van der Waals surface area contributed by atoms with E-state index >= 15 is 0 Å². The molecule has 0 atom stereocenters. The molecule has 0 aliphatic carbocycles. The summed E-state index contributed by atoms with van der Waals surface area (Å²) in [4.78, 5) is 9.70. The number of alkyl halides is 1. The second-order valence-electron chi connectivity index (χ2n) is 3.87. The van der Waals surface area contributed by atoms with Crippen molar-refractivity contribution in [1.29, 1.82) is 0 Å². The second kappa shape index (κ2) is 6.07. The Balaban J connectivity index is 2.26. The van der Waals surface area contributed by atoms with Gasteiger partial charge in [0.05, 0.1) is 9.95 Å². The molecule has 0 unspecified atom stereocenters. The van der Waals surface area contributed by atoms with Crippen molar-refractivity contribution >= 4 is 28.9 Å². The van der Waals surface area contributed by atoms with Crippen LogP contribution < -0.4 is 4.74 Å². The highest BCUT2D eigenvalue weighted by Gasteiger charge is 2.15. The maximum absolute atomic E-state index is 13.5. The number of ether oxygens (including phenoxy) is 1. The zero-order valence-electron chi connectivity index (χ0n) is 9.98. The average molecular weight is 316 g/mol. The molecule has 0 N–H and O–H groups in total. The summed E-state index contributed by atoms with van der Waals surface area (Å²) in [5.74, 6) is -0.227. The van der Waals surface area contributed by atoms with Gasteiger partial charge in [-0.05, 0) is 23.8 Å². The molecule has 4 nitrogen and oxygen atoms in total. The van der Waals surface area contributed by atoms with E-state index in [1.54, 1.807) is 18.2 Å². The third-order valence-electron chi connectivity index (χ3n) is 2.49. The highest BCUT2D eigenvalue weighted by molar-refractivity contribution is 6.32. The van der Waals surface area contributed by atoms with Gasteiger partial charge >= 0.3 is 5.69 Å². The Morgan fingerprint density at radius 1 is 1.25 bits per heavy atom. The van der Waals surface area contributed by atoms with Gasteiger partial charge in [0.15, 0.2) is 0 Å². The van der Waals surface area contributed by atoms with Crippen LogP contribution in [0.4, 0.5) is 10.1 Å². The van der Waals surface area contributed by atoms with Crippen LogP contribution in [-0.4, -0.2) is 4.92 Å². The molecular formula is C13H8Cl2FNO3. The van der Waals surface area contributed by atoms with Crippen molar-refractivity contribution in [3.05, 3.63) is 62.9 Å². The van der Waals surface area contributed by atoms with Gasteiger partial charge in [0.1, 0.15) is 11.5 Å². The van der Waals surface area contributed by atoms with E-state index in [2.05, 4.69) is 0 Å². The molecule has 2 rings (SSSR count). The highest BCUT2D eigenvalue weighted by atomic mass is 35.5. The molecule has 0 amide bonds. The van der Waals surface area contributed by atoms with E-state index in [-0.39, 0.29) is 5.75 Å². The zero-order chi connectivity index (χ0) is 14.7. The van der Waals surface area contributed by atoms with Crippen molar-refractivity contribution in [3.8, 4) is 11.5 Å². The normalized spacial score (nSPS) is 10.3. The van der Waals surface area contributed by atoms with Gasteiger partial charge in [-0.25, -0.2) is 0 Å². The molecule has 0 radical (unpaired) electrons. The Bertz CT molecular complexity index is 664. The molecule has 2 aromatic carbocycles. The van der Waals surface area contributed by atoms with Gasteiger partial charge < -0.3 is 4.74 Å². The number of benzene rings is 2. The smallest absolute Gasteiger partial charge is 0.305 e. The van der Waals surface area contributed by atoms with Crippen molar-refractivity contribution in [3.63, 3.8) is 0 Å². The minimum atomic E-state index is -0.971. The van der Waals surface area contributed by atoms with Crippen LogP contribution in [-0.2, 0) is 5.88 Å². The van der Waals surface area contributed by atoms with E-state index in [0.717, 1.165) is 17.7 Å². The molecule has 0 aliphatic rings. The van der Waals surface area contributed by atoms with Crippen LogP contribution in [0.1, 0.15) is 5.56 Å². The molecule has 20 heavy (non-hydrogen) atoms. The van der Waals surface area contributed by atoms with Crippen molar-refractivity contribution in [2.24, 2.45) is 0 Å². The summed E-state index contributed by atoms with van der Waals surface area (Å²) in [6, 6.07) is 8.21. The van der Waals surface area contributed by atoms with Gasteiger partial charge in [0, 0.05) is 18.0 Å². The Morgan fingerprint density at radius 3 is 2.55 bits per heavy atom. The molecule has 0 aliphatic heterocycles. The molecule has 0 fully saturated rings. The van der Waals surface area contributed by atoms with Crippen LogP contribution in [0, 0.1) is 15.9 Å². The number of rotatable bonds is 4. The second-order valence-corrected chi connectivity index (χ2v) is 4.55. The third-order valence-corrected chi connectivity index (χ3v) is 3.10. The molecule has 104 valence electrons. The first-order valence-electron chi connectivity index (χ1n) is 5.47. The third kappa shape index (κ3) is 3.18. The van der Waals surface area contributed by atoms with Crippen molar-refractivity contribution < 1.29 is 14.1 Å². The maximum Gasteiger partial charge on any atom is 0.305 e. The summed E-state index contributed by atoms with van der Waals surface area (Å²) in [5, 5.41) is 10.8. The van der Waals surface area contributed by atoms with Crippen molar-refractivity contribution in [2.75, 3.05) is 0 Å². The maximum atomic E-state index is 13.5. The Kier molecular flexibility index (Phi) is 4.42. The molecule has 0 aromatic heterocycles. The first-order chi connectivity index (χ1) is 9.51. The van der Waals surface area contributed by atoms with Crippen LogP contribution in [0.15, 0.2) is 36.4 Å². The van der Waals surface area contributed by atoms with Crippen LogP contribution in [0.2, 0.25) is 5.02 Å². The van der Waals surface area contributed by atoms with Gasteiger partial charge in [-0.2, -0.15) is 4.39 Å². The van der Waals surface area contributed by atoms with E-state index in [4.69, 9.17) is 27.9 Å². The molecule has 0 saturated carbocycles. The number of nitro benzene ring substituents is 1. The molecule has 0 saturated heterocycles. The fraction of sp³-hybridized carbons (Fsp3) is 0.0769. The van der Waals surface area contributed by atoms with Crippen molar-refractivity contribution in [2.45, 2.75) is 5.88 Å². The molecular weight excluding hydrogens is 308 g/mol. The van der Waals surface area contributed by atoms with Gasteiger partial charge in [-0.15, -0.1) is 11.6 Å². The zero-order valence-corrected chi connectivity index (χ0v) is 11.5. The first-order valence-corrected chi connectivity index (χ1v) is 6.38. The van der Waals surface area contributed by atoms with Gasteiger partial charge in [-0.3, -0.25) is 10.1 Å². The number of hydrogen-bond acceptors (Lipinski definition) is 3. The lowest BCUT2D eigenvalue weighted by molar-refractivity contribution is -0.387. The Morgan fingerprint density at radius 2 is 2.00 bits per heavy atom. The first kappa shape index (κ1) is 14.6. The molecule has 0 heterocycles. The van der Waals surface area contributed by atoms with Crippen LogP contribution in [0.25, 0.3) is 0 Å².